The van der Waals surface area contributed by atoms with Gasteiger partial charge in [-0.1, -0.05) is 55.4 Å². The number of nitrogens with zero attached hydrogens (tertiary/aromatic N) is 3. The summed E-state index contributed by atoms with van der Waals surface area (Å²) in [5, 5.41) is 36.4. The Bertz CT molecular complexity index is 1140. The Labute approximate surface area is 284 Å². The van der Waals surface area contributed by atoms with Crippen molar-refractivity contribution in [2.75, 3.05) is 0 Å². The summed E-state index contributed by atoms with van der Waals surface area (Å²) in [4.78, 5) is 38.0. The second-order valence-corrected chi connectivity index (χ2v) is 8.30. The van der Waals surface area contributed by atoms with Crippen molar-refractivity contribution in [2.24, 2.45) is 17.0 Å². The molecule has 0 spiro atoms. The van der Waals surface area contributed by atoms with Gasteiger partial charge in [0.25, 0.3) is 0 Å². The maximum absolute atomic E-state index is 12.6. The van der Waals surface area contributed by atoms with Crippen LogP contribution in [-0.4, -0.2) is 17.7 Å². The third-order valence-electron chi connectivity index (χ3n) is 5.35. The minimum absolute atomic E-state index is 0. The van der Waals surface area contributed by atoms with Crippen LogP contribution >= 0.6 is 12.0 Å². The first kappa shape index (κ1) is 38.5. The maximum Gasteiger partial charge on any atom is 1.00 e. The van der Waals surface area contributed by atoms with E-state index in [9.17, 15) is 29.9 Å². The molecular formula is C23H20N3Na3O7S. The Hall–Kier alpha value is -0.630. The minimum Gasteiger partial charge on any atom is -0.710 e. The van der Waals surface area contributed by atoms with Gasteiger partial charge in [0, 0.05) is 56.9 Å². The van der Waals surface area contributed by atoms with Gasteiger partial charge in [0.1, 0.15) is 0 Å². The first-order chi connectivity index (χ1) is 16.2. The van der Waals surface area contributed by atoms with Gasteiger partial charge in [-0.2, -0.15) is 0 Å². The summed E-state index contributed by atoms with van der Waals surface area (Å²) in [7, 11) is 0. The van der Waals surface area contributed by atoms with Crippen molar-refractivity contribution in [1.29, 1.82) is 0 Å². The zero-order valence-corrected chi connectivity index (χ0v) is 28.1. The van der Waals surface area contributed by atoms with E-state index in [-0.39, 0.29) is 112 Å². The average molecular weight is 551 g/mol. The molecule has 3 atom stereocenters. The Morgan fingerprint density at radius 2 is 1.68 bits per heavy atom. The SMILES string of the molecule is CC(CC(C(=O)[O-])C(C)C(=O)[O-])c1ccc(C(=O)C=Cc2ccc(N=[N+]=[N-])cc2SO[O-])cc1.[Na+].[Na+].[Na+]. The Morgan fingerprint density at radius 1 is 1.05 bits per heavy atom. The van der Waals surface area contributed by atoms with Gasteiger partial charge in [0.05, 0.1) is 0 Å². The summed E-state index contributed by atoms with van der Waals surface area (Å²) in [6.45, 7) is 3.03. The Kier molecular flexibility index (Phi) is 20.2. The van der Waals surface area contributed by atoms with Gasteiger partial charge >= 0.3 is 88.7 Å². The summed E-state index contributed by atoms with van der Waals surface area (Å²) in [6.07, 6.45) is 2.84. The van der Waals surface area contributed by atoms with E-state index < -0.39 is 23.8 Å². The van der Waals surface area contributed by atoms with Gasteiger partial charge in [-0.3, -0.25) is 4.79 Å². The number of carboxylic acids is 2. The zero-order chi connectivity index (χ0) is 25.3. The number of allylic oxidation sites excluding steroid dienone is 1. The Balaban J connectivity index is 0. The number of ketones is 1. The van der Waals surface area contributed by atoms with Gasteiger partial charge in [0.2, 0.25) is 0 Å². The van der Waals surface area contributed by atoms with E-state index >= 15 is 0 Å². The molecule has 0 bridgehead atoms. The van der Waals surface area contributed by atoms with Crippen molar-refractivity contribution in [1.82, 2.24) is 0 Å². The molecular weight excluding hydrogens is 531 g/mol. The van der Waals surface area contributed by atoms with E-state index in [0.29, 0.717) is 28.1 Å². The topological polar surface area (TPSA) is 178 Å². The van der Waals surface area contributed by atoms with Crippen molar-refractivity contribution in [3.63, 3.8) is 0 Å². The second kappa shape index (κ2) is 19.4. The van der Waals surface area contributed by atoms with Crippen molar-refractivity contribution in [3.05, 3.63) is 75.7 Å². The molecule has 0 radical (unpaired) electrons. The van der Waals surface area contributed by atoms with E-state index in [1.165, 1.54) is 31.2 Å². The molecule has 0 heterocycles. The molecule has 2 rings (SSSR count). The van der Waals surface area contributed by atoms with Crippen LogP contribution in [0.1, 0.15) is 47.7 Å². The quantitative estimate of drug-likeness (QED) is 0.0287. The van der Waals surface area contributed by atoms with Gasteiger partial charge in [-0.05, 0) is 47.2 Å². The number of azide groups is 1. The van der Waals surface area contributed by atoms with Crippen molar-refractivity contribution >= 4 is 41.5 Å². The van der Waals surface area contributed by atoms with Crippen molar-refractivity contribution in [3.8, 4) is 0 Å². The molecule has 0 aliphatic rings. The molecule has 0 aromatic heterocycles. The van der Waals surface area contributed by atoms with Crippen LogP contribution in [0.4, 0.5) is 5.69 Å². The molecule has 2 aromatic rings. The second-order valence-electron chi connectivity index (χ2n) is 7.55. The molecule has 37 heavy (non-hydrogen) atoms. The molecule has 3 unspecified atom stereocenters. The summed E-state index contributed by atoms with van der Waals surface area (Å²) >= 11 is 0.517. The molecule has 0 aliphatic heterocycles. The smallest absolute Gasteiger partial charge is 0.710 e. The van der Waals surface area contributed by atoms with E-state index in [0.717, 1.165) is 5.56 Å². The van der Waals surface area contributed by atoms with Gasteiger partial charge in [-0.15, -0.1) is 0 Å². The minimum atomic E-state index is -1.45. The van der Waals surface area contributed by atoms with Crippen LogP contribution in [0.15, 0.2) is 58.6 Å². The summed E-state index contributed by atoms with van der Waals surface area (Å²) in [6, 6.07) is 11.0. The predicted octanol–water partition coefficient (Wildman–Crippen LogP) is -6.92. The summed E-state index contributed by atoms with van der Waals surface area (Å²) < 4.78 is 3.84. The number of hydrogen-bond acceptors (Lipinski definition) is 9. The van der Waals surface area contributed by atoms with Gasteiger partial charge < -0.3 is 29.4 Å². The van der Waals surface area contributed by atoms with Crippen LogP contribution < -0.4 is 104 Å². The van der Waals surface area contributed by atoms with Gasteiger partial charge in [-0.25, -0.2) is 0 Å². The van der Waals surface area contributed by atoms with Gasteiger partial charge in [0.15, 0.2) is 5.78 Å². The molecule has 10 nitrogen and oxygen atoms in total. The first-order valence-electron chi connectivity index (χ1n) is 10.1. The Morgan fingerprint density at radius 3 is 2.19 bits per heavy atom. The number of carbonyl (C=O) groups excluding carboxylic acids is 3. The van der Waals surface area contributed by atoms with Crippen LogP contribution in [0.3, 0.4) is 0 Å². The molecule has 0 fully saturated rings. The summed E-state index contributed by atoms with van der Waals surface area (Å²) in [5.41, 5.74) is 10.4. The molecule has 0 aliphatic carbocycles. The van der Waals surface area contributed by atoms with Crippen LogP contribution in [0.2, 0.25) is 0 Å². The average Bonchev–Trinajstić information content (AvgIpc) is 2.81. The fourth-order valence-corrected chi connectivity index (χ4v) is 3.78. The normalized spacial score (nSPS) is 12.5. The maximum atomic E-state index is 12.6. The number of carboxylic acid groups (broad SMARTS) is 2. The molecule has 178 valence electrons. The molecule has 0 N–H and O–H groups in total. The van der Waals surface area contributed by atoms with Crippen LogP contribution in [-0.2, 0) is 13.9 Å². The monoisotopic (exact) mass is 551 g/mol. The van der Waals surface area contributed by atoms with Crippen molar-refractivity contribution in [2.45, 2.75) is 31.1 Å². The van der Waals surface area contributed by atoms with Crippen LogP contribution in [0.5, 0.6) is 0 Å². The first-order valence-corrected chi connectivity index (χ1v) is 10.8. The van der Waals surface area contributed by atoms with Crippen LogP contribution in [0.25, 0.3) is 16.5 Å². The molecule has 0 saturated heterocycles. The van der Waals surface area contributed by atoms with E-state index in [2.05, 4.69) is 14.4 Å². The molecule has 2 aromatic carbocycles. The van der Waals surface area contributed by atoms with E-state index in [1.807, 2.05) is 0 Å². The number of aliphatic carboxylic acids is 2. The fraction of sp³-hybridized carbons (Fsp3) is 0.261. The summed E-state index contributed by atoms with van der Waals surface area (Å²) in [5.74, 6) is -5.94. The largest absolute Gasteiger partial charge is 1.00 e. The third-order valence-corrected chi connectivity index (χ3v) is 5.95. The predicted molar refractivity (Wildman–Crippen MR) is 118 cm³/mol. The van der Waals surface area contributed by atoms with Crippen molar-refractivity contribution < 1.29 is 123 Å². The van der Waals surface area contributed by atoms with E-state index in [1.54, 1.807) is 37.3 Å². The molecule has 14 heteroatoms. The van der Waals surface area contributed by atoms with E-state index in [4.69, 9.17) is 5.53 Å². The van der Waals surface area contributed by atoms with Crippen LogP contribution in [0, 0.1) is 11.8 Å². The number of carbonyl (C=O) groups is 3. The molecule has 0 saturated carbocycles. The number of benzene rings is 2. The molecule has 0 amide bonds. The standard InChI is InChI=1S/C23H23N3O7S.3Na/c1-13(11-19(23(30)31)14(2)22(28)29)15-3-5-16(6-4-15)20(27)10-8-17-7-9-18(25-26-24)12-21(17)34-33-32;;;/h3-10,12-14,19,32H,11H2,1-2H3,(H,28,29)(H,30,31);;;/q;3*+1/p-3. The fourth-order valence-electron chi connectivity index (χ4n) is 3.31. The number of hydrogen-bond donors (Lipinski definition) is 0. The number of rotatable bonds is 12. The third kappa shape index (κ3) is 12.0. The zero-order valence-electron chi connectivity index (χ0n) is 21.2.